The third-order valence-corrected chi connectivity index (χ3v) is 16.0. The van der Waals surface area contributed by atoms with Crippen LogP contribution in [0.5, 0.6) is 0 Å². The summed E-state index contributed by atoms with van der Waals surface area (Å²) in [6, 6.07) is 0. The molecule has 81 heavy (non-hydrogen) atoms. The lowest BCUT2D eigenvalue weighted by molar-refractivity contribution is -0.167. The van der Waals surface area contributed by atoms with E-state index in [-0.39, 0.29) is 31.1 Å². The van der Waals surface area contributed by atoms with E-state index in [2.05, 4.69) is 81.5 Å². The maximum absolute atomic E-state index is 12.9. The van der Waals surface area contributed by atoms with Crippen molar-refractivity contribution in [1.29, 1.82) is 0 Å². The number of hydrogen-bond donors (Lipinski definition) is 0. The summed E-state index contributed by atoms with van der Waals surface area (Å²) >= 11 is 0. The predicted molar refractivity (Wildman–Crippen MR) is 353 cm³/mol. The molecule has 0 N–H and O–H groups in total. The number of carbonyl (C=O) groups is 3. The molecule has 0 aromatic rings. The highest BCUT2D eigenvalue weighted by atomic mass is 16.6. The van der Waals surface area contributed by atoms with Crippen molar-refractivity contribution >= 4 is 17.9 Å². The van der Waals surface area contributed by atoms with Gasteiger partial charge in [-0.25, -0.2) is 0 Å². The Balaban J connectivity index is 4.24. The summed E-state index contributed by atoms with van der Waals surface area (Å²) in [5, 5.41) is 0. The van der Waals surface area contributed by atoms with E-state index in [1.807, 2.05) is 0 Å². The Morgan fingerprint density at radius 1 is 0.259 bits per heavy atom. The van der Waals surface area contributed by atoms with Crippen molar-refractivity contribution in [2.45, 2.75) is 386 Å². The molecule has 0 aliphatic heterocycles. The molecule has 0 bridgehead atoms. The first-order valence-corrected chi connectivity index (χ1v) is 35.8. The zero-order chi connectivity index (χ0) is 58.5. The second-order valence-corrected chi connectivity index (χ2v) is 24.1. The minimum atomic E-state index is -0.790. The van der Waals surface area contributed by atoms with Gasteiger partial charge in [0, 0.05) is 19.3 Å². The molecule has 0 heterocycles. The first-order valence-electron chi connectivity index (χ1n) is 35.8. The van der Waals surface area contributed by atoms with Crippen LogP contribution in [-0.4, -0.2) is 37.2 Å². The van der Waals surface area contributed by atoms with E-state index in [0.29, 0.717) is 19.3 Å². The van der Waals surface area contributed by atoms with E-state index in [9.17, 15) is 14.4 Å². The summed E-state index contributed by atoms with van der Waals surface area (Å²) in [4.78, 5) is 38.4. The highest BCUT2D eigenvalue weighted by Gasteiger charge is 2.19. The summed E-state index contributed by atoms with van der Waals surface area (Å²) in [6.45, 7) is 6.56. The Kier molecular flexibility index (Phi) is 67.1. The summed E-state index contributed by atoms with van der Waals surface area (Å²) in [5.41, 5.74) is 0. The van der Waals surface area contributed by atoms with Gasteiger partial charge >= 0.3 is 17.9 Å². The average molecular weight is 1130 g/mol. The van der Waals surface area contributed by atoms with Gasteiger partial charge in [-0.3, -0.25) is 14.4 Å². The van der Waals surface area contributed by atoms with Crippen molar-refractivity contribution in [3.05, 3.63) is 60.8 Å². The largest absolute Gasteiger partial charge is 0.462 e. The fourth-order valence-corrected chi connectivity index (χ4v) is 10.7. The molecule has 0 aromatic carbocycles. The fraction of sp³-hybridized carbons (Fsp3) is 0.827. The number of esters is 3. The van der Waals surface area contributed by atoms with Crippen LogP contribution in [0.15, 0.2) is 60.8 Å². The van der Waals surface area contributed by atoms with Crippen LogP contribution in [0.3, 0.4) is 0 Å². The quantitative estimate of drug-likeness (QED) is 0.0261. The van der Waals surface area contributed by atoms with Crippen LogP contribution in [0.2, 0.25) is 0 Å². The topological polar surface area (TPSA) is 78.9 Å². The molecule has 0 aromatic heterocycles. The maximum Gasteiger partial charge on any atom is 0.306 e. The molecule has 1 atom stereocenters. The minimum absolute atomic E-state index is 0.0827. The zero-order valence-electron chi connectivity index (χ0n) is 54.3. The Labute approximate surface area is 504 Å². The lowest BCUT2D eigenvalue weighted by atomic mass is 10.0. The molecule has 6 heteroatoms. The molecule has 0 saturated heterocycles. The van der Waals surface area contributed by atoms with E-state index in [1.165, 1.54) is 257 Å². The van der Waals surface area contributed by atoms with E-state index in [0.717, 1.165) is 83.5 Å². The number of carbonyl (C=O) groups excluding carboxylic acids is 3. The van der Waals surface area contributed by atoms with Gasteiger partial charge in [0.25, 0.3) is 0 Å². The summed E-state index contributed by atoms with van der Waals surface area (Å²) in [6.07, 6.45) is 89.8. The SMILES string of the molecule is CC/C=C\C/C=C\C/C=C\C/C=C\CCCCC(=O)OCC(COC(=O)CCCCCCCCCCCCCCCCCCC/C=C\CCCCCCCCCC)OC(=O)CCCCCCCCCCCCCCCCCCCCC. The van der Waals surface area contributed by atoms with Gasteiger partial charge in [-0.2, -0.15) is 0 Å². The van der Waals surface area contributed by atoms with Crippen LogP contribution in [0.25, 0.3) is 0 Å². The molecular weight excluding hydrogens is 997 g/mol. The molecule has 1 unspecified atom stereocenters. The number of hydrogen-bond acceptors (Lipinski definition) is 6. The van der Waals surface area contributed by atoms with Crippen molar-refractivity contribution in [2.24, 2.45) is 0 Å². The van der Waals surface area contributed by atoms with Crippen molar-refractivity contribution < 1.29 is 28.6 Å². The summed E-state index contributed by atoms with van der Waals surface area (Å²) in [7, 11) is 0. The number of rotatable bonds is 66. The second-order valence-electron chi connectivity index (χ2n) is 24.1. The zero-order valence-corrected chi connectivity index (χ0v) is 54.3. The molecule has 472 valence electrons. The van der Waals surface area contributed by atoms with Crippen molar-refractivity contribution in [1.82, 2.24) is 0 Å². The summed E-state index contributed by atoms with van der Waals surface area (Å²) in [5.74, 6) is -0.901. The normalized spacial score (nSPS) is 12.4. The van der Waals surface area contributed by atoms with Crippen LogP contribution in [0.4, 0.5) is 0 Å². The molecule has 6 nitrogen and oxygen atoms in total. The van der Waals surface area contributed by atoms with Gasteiger partial charge in [0.1, 0.15) is 13.2 Å². The molecule has 0 fully saturated rings. The molecule has 0 rings (SSSR count). The number of ether oxygens (including phenoxy) is 3. The van der Waals surface area contributed by atoms with E-state index < -0.39 is 6.10 Å². The van der Waals surface area contributed by atoms with Gasteiger partial charge < -0.3 is 14.2 Å². The van der Waals surface area contributed by atoms with Gasteiger partial charge in [-0.1, -0.05) is 338 Å². The van der Waals surface area contributed by atoms with Crippen LogP contribution in [0, 0.1) is 0 Å². The fourth-order valence-electron chi connectivity index (χ4n) is 10.7. The molecule has 0 amide bonds. The second kappa shape index (κ2) is 69.6. The van der Waals surface area contributed by atoms with Crippen LogP contribution >= 0.6 is 0 Å². The lowest BCUT2D eigenvalue weighted by Gasteiger charge is -2.18. The Bertz CT molecular complexity index is 1440. The first-order chi connectivity index (χ1) is 40.0. The Morgan fingerprint density at radius 2 is 0.481 bits per heavy atom. The maximum atomic E-state index is 12.9. The molecule has 0 aliphatic carbocycles. The molecule has 0 spiro atoms. The van der Waals surface area contributed by atoms with Gasteiger partial charge in [-0.05, 0) is 83.5 Å². The highest BCUT2D eigenvalue weighted by molar-refractivity contribution is 5.71. The molecule has 0 aliphatic rings. The Morgan fingerprint density at radius 3 is 0.790 bits per heavy atom. The monoisotopic (exact) mass is 1130 g/mol. The van der Waals surface area contributed by atoms with E-state index in [1.54, 1.807) is 0 Å². The highest BCUT2D eigenvalue weighted by Crippen LogP contribution is 2.18. The first kappa shape index (κ1) is 78.1. The lowest BCUT2D eigenvalue weighted by Crippen LogP contribution is -2.30. The van der Waals surface area contributed by atoms with Gasteiger partial charge in [-0.15, -0.1) is 0 Å². The van der Waals surface area contributed by atoms with E-state index >= 15 is 0 Å². The van der Waals surface area contributed by atoms with E-state index in [4.69, 9.17) is 14.2 Å². The van der Waals surface area contributed by atoms with Gasteiger partial charge in [0.15, 0.2) is 6.10 Å². The number of allylic oxidation sites excluding steroid dienone is 10. The van der Waals surface area contributed by atoms with Crippen LogP contribution in [0.1, 0.15) is 380 Å². The van der Waals surface area contributed by atoms with Gasteiger partial charge in [0.05, 0.1) is 0 Å². The van der Waals surface area contributed by atoms with Crippen molar-refractivity contribution in [2.75, 3.05) is 13.2 Å². The molecule has 0 radical (unpaired) electrons. The number of unbranched alkanes of at least 4 members (excludes halogenated alkanes) is 45. The standard InChI is InChI=1S/C75H136O6/c1-4-7-10-13-16-19-22-25-28-30-32-33-34-35-36-37-38-39-40-41-43-44-47-50-53-56-59-62-65-68-74(77)80-71-72(70-79-73(76)67-64-61-58-55-52-49-46-27-24-21-18-15-12-9-6-3)81-75(78)69-66-63-60-57-54-51-48-45-42-31-29-26-23-20-17-14-11-8-5-2/h9,12,18,21,27,30,32,46,52,55,72H,4-8,10-11,13-17,19-20,22-26,28-29,31,33-45,47-51,53-54,56-71H2,1-3H3/b12-9-,21-18-,32-30-,46-27-,55-52-. The average Bonchev–Trinajstić information content (AvgIpc) is 3.47. The minimum Gasteiger partial charge on any atom is -0.462 e. The van der Waals surface area contributed by atoms with Crippen molar-refractivity contribution in [3.63, 3.8) is 0 Å². The predicted octanol–water partition coefficient (Wildman–Crippen LogP) is 24.7. The van der Waals surface area contributed by atoms with Crippen LogP contribution < -0.4 is 0 Å². The van der Waals surface area contributed by atoms with Crippen LogP contribution in [-0.2, 0) is 28.6 Å². The third-order valence-electron chi connectivity index (χ3n) is 16.0. The molecular formula is C75H136O6. The summed E-state index contributed by atoms with van der Waals surface area (Å²) < 4.78 is 17.0. The van der Waals surface area contributed by atoms with Gasteiger partial charge in [0.2, 0.25) is 0 Å². The smallest absolute Gasteiger partial charge is 0.306 e. The molecule has 0 saturated carbocycles. The Hall–Kier alpha value is -2.89. The van der Waals surface area contributed by atoms with Crippen molar-refractivity contribution in [3.8, 4) is 0 Å². The third kappa shape index (κ3) is 67.8.